The molecule has 0 fully saturated rings. The van der Waals surface area contributed by atoms with Gasteiger partial charge in [0.05, 0.1) is 11.1 Å². The summed E-state index contributed by atoms with van der Waals surface area (Å²) in [5, 5.41) is 9.55. The molecule has 8 aromatic rings. The lowest BCUT2D eigenvalue weighted by atomic mass is 10.0. The molecule has 8 nitrogen and oxygen atoms in total. The summed E-state index contributed by atoms with van der Waals surface area (Å²) >= 11 is 12.1. The maximum absolute atomic E-state index is 13.3. The maximum atomic E-state index is 13.3. The van der Waals surface area contributed by atoms with Gasteiger partial charge in [0.25, 0.3) is 0 Å². The molecule has 262 valence electrons. The Hall–Kier alpha value is -6.22. The first-order chi connectivity index (χ1) is 25.9. The van der Waals surface area contributed by atoms with Crippen LogP contribution in [0.15, 0.2) is 146 Å². The number of fused-ring (bicyclic) bond motifs is 2. The molecule has 10 heteroatoms. The van der Waals surface area contributed by atoms with Crippen LogP contribution in [0.3, 0.4) is 0 Å². The van der Waals surface area contributed by atoms with Crippen LogP contribution in [0.1, 0.15) is 43.0 Å². The van der Waals surface area contributed by atoms with Crippen molar-refractivity contribution in [2.75, 3.05) is 10.6 Å². The van der Waals surface area contributed by atoms with Crippen LogP contribution >= 0.6 is 23.2 Å². The number of ketones is 2. The number of carbonyl (C=O) groups is 2. The zero-order chi connectivity index (χ0) is 36.7. The molecule has 0 bridgehead atoms. The van der Waals surface area contributed by atoms with Gasteiger partial charge in [-0.1, -0.05) is 96.0 Å². The lowest BCUT2D eigenvalue weighted by molar-refractivity contribution is 0.103. The van der Waals surface area contributed by atoms with Crippen molar-refractivity contribution in [3.05, 3.63) is 190 Å². The topological polar surface area (TPSA) is 105 Å². The van der Waals surface area contributed by atoms with Gasteiger partial charge in [-0.05, 0) is 59.7 Å². The average Bonchev–Trinajstić information content (AvgIpc) is 3.77. The van der Waals surface area contributed by atoms with Crippen molar-refractivity contribution in [3.8, 4) is 0 Å². The van der Waals surface area contributed by atoms with Crippen LogP contribution in [0.25, 0.3) is 21.8 Å². The Labute approximate surface area is 316 Å². The van der Waals surface area contributed by atoms with E-state index >= 15 is 0 Å². The number of H-pyrrole nitrogens is 1. The minimum atomic E-state index is -0.0813. The highest BCUT2D eigenvalue weighted by molar-refractivity contribution is 6.32. The highest BCUT2D eigenvalue weighted by Crippen LogP contribution is 2.28. The van der Waals surface area contributed by atoms with Gasteiger partial charge in [-0.2, -0.15) is 0 Å². The number of rotatable bonds is 10. The van der Waals surface area contributed by atoms with Crippen molar-refractivity contribution < 1.29 is 9.59 Å². The summed E-state index contributed by atoms with van der Waals surface area (Å²) in [7, 11) is 1.91. The quantitative estimate of drug-likeness (QED) is 0.121. The Bertz CT molecular complexity index is 2550. The molecule has 0 amide bonds. The fraction of sp³-hybridized carbons (Fsp3) is 0.0698. The molecular weight excluding hydrogens is 703 g/mol. The van der Waals surface area contributed by atoms with Crippen molar-refractivity contribution in [2.24, 2.45) is 7.05 Å². The molecule has 0 spiro atoms. The number of hydrogen-bond acceptors (Lipinski definition) is 6. The average molecular weight is 738 g/mol. The molecule has 3 N–H and O–H groups in total. The third kappa shape index (κ3) is 7.99. The number of halogens is 2. The van der Waals surface area contributed by atoms with E-state index in [1.54, 1.807) is 55.0 Å². The lowest BCUT2D eigenvalue weighted by Crippen LogP contribution is -2.09. The number of hydrogen-bond donors (Lipinski definition) is 3. The largest absolute Gasteiger partial charge is 0.365 e. The van der Waals surface area contributed by atoms with Crippen molar-refractivity contribution in [1.82, 2.24) is 19.5 Å². The van der Waals surface area contributed by atoms with Gasteiger partial charge in [0.1, 0.15) is 11.6 Å². The Kier molecular flexibility index (Phi) is 10.6. The molecule has 0 aliphatic heterocycles. The van der Waals surface area contributed by atoms with E-state index in [1.165, 1.54) is 0 Å². The van der Waals surface area contributed by atoms with E-state index in [0.717, 1.165) is 32.9 Å². The van der Waals surface area contributed by atoms with Crippen LogP contribution in [-0.2, 0) is 20.1 Å². The lowest BCUT2D eigenvalue weighted by Gasteiger charge is -2.10. The number of anilines is 2. The fourth-order valence-corrected chi connectivity index (χ4v) is 6.48. The maximum Gasteiger partial charge on any atom is 0.198 e. The van der Waals surface area contributed by atoms with Gasteiger partial charge < -0.3 is 20.2 Å². The van der Waals surface area contributed by atoms with Gasteiger partial charge in [0.15, 0.2) is 11.6 Å². The van der Waals surface area contributed by atoms with Gasteiger partial charge in [-0.3, -0.25) is 9.59 Å². The number of nitrogens with one attached hydrogen (secondary N) is 3. The Morgan fingerprint density at radius 2 is 1.15 bits per heavy atom. The number of aryl methyl sites for hydroxylation is 1. The summed E-state index contributed by atoms with van der Waals surface area (Å²) in [6.45, 7) is 1.20. The second-order valence-corrected chi connectivity index (χ2v) is 13.2. The molecule has 0 radical (unpaired) electrons. The first kappa shape index (κ1) is 35.2. The molecule has 0 aliphatic rings. The molecular formula is C43H34Cl2N6O2. The van der Waals surface area contributed by atoms with E-state index in [2.05, 4.69) is 25.6 Å². The summed E-state index contributed by atoms with van der Waals surface area (Å²) < 4.78 is 1.92. The van der Waals surface area contributed by atoms with E-state index in [4.69, 9.17) is 23.2 Å². The highest BCUT2D eigenvalue weighted by Gasteiger charge is 2.20. The van der Waals surface area contributed by atoms with Crippen LogP contribution in [0.4, 0.5) is 11.6 Å². The molecule has 4 heterocycles. The van der Waals surface area contributed by atoms with Gasteiger partial charge in [0, 0.05) is 87.9 Å². The third-order valence-electron chi connectivity index (χ3n) is 8.80. The molecule has 0 saturated heterocycles. The molecule has 0 atom stereocenters. The fourth-order valence-electron chi connectivity index (χ4n) is 6.14. The van der Waals surface area contributed by atoms with Crippen molar-refractivity contribution in [1.29, 1.82) is 0 Å². The van der Waals surface area contributed by atoms with E-state index in [-0.39, 0.29) is 11.6 Å². The SMILES string of the molecule is Cn1cc(C(=O)c2cccnc2NCc2ccccc2)c2ccc(Cl)cc21.O=C(c1cccnc1NCc1ccccc1)c1c[nH]c2cc(Cl)ccc12. The van der Waals surface area contributed by atoms with Gasteiger partial charge >= 0.3 is 0 Å². The smallest absolute Gasteiger partial charge is 0.198 e. The van der Waals surface area contributed by atoms with Crippen molar-refractivity contribution >= 4 is 68.2 Å². The minimum Gasteiger partial charge on any atom is -0.365 e. The van der Waals surface area contributed by atoms with E-state index in [0.29, 0.717) is 57.0 Å². The summed E-state index contributed by atoms with van der Waals surface area (Å²) in [4.78, 5) is 38.2. The highest BCUT2D eigenvalue weighted by atomic mass is 35.5. The molecule has 0 unspecified atom stereocenters. The van der Waals surface area contributed by atoms with E-state index < -0.39 is 0 Å². The monoisotopic (exact) mass is 736 g/mol. The molecule has 53 heavy (non-hydrogen) atoms. The predicted octanol–water partition coefficient (Wildman–Crippen LogP) is 10.1. The van der Waals surface area contributed by atoms with Crippen LogP contribution in [0.5, 0.6) is 0 Å². The standard InChI is InChI=1S/C22H18ClN3O.C21H16ClN3O/c1-26-14-19(17-10-9-16(23)12-20(17)26)21(27)18-8-5-11-24-22(18)25-13-15-6-3-2-4-7-15;22-15-8-9-16-18(13-24-19(16)11-15)20(26)17-7-4-10-23-21(17)25-12-14-5-2-1-3-6-14/h2-12,14H,13H2,1H3,(H,24,25);1-11,13,24H,12H2,(H,23,25). The number of carbonyl (C=O) groups excluding carboxylic acids is 2. The predicted molar refractivity (Wildman–Crippen MR) is 214 cm³/mol. The molecule has 8 rings (SSSR count). The second kappa shape index (κ2) is 16.0. The summed E-state index contributed by atoms with van der Waals surface area (Å²) in [6, 6.07) is 38.2. The van der Waals surface area contributed by atoms with Crippen molar-refractivity contribution in [3.63, 3.8) is 0 Å². The zero-order valence-electron chi connectivity index (χ0n) is 28.7. The first-order valence-electron chi connectivity index (χ1n) is 16.9. The van der Waals surface area contributed by atoms with Gasteiger partial charge in [0.2, 0.25) is 0 Å². The van der Waals surface area contributed by atoms with Crippen LogP contribution < -0.4 is 10.6 Å². The Morgan fingerprint density at radius 1 is 0.623 bits per heavy atom. The minimum absolute atomic E-state index is 0.0633. The molecule has 4 aromatic heterocycles. The normalized spacial score (nSPS) is 10.8. The Balaban J connectivity index is 0.000000164. The summed E-state index contributed by atoms with van der Waals surface area (Å²) in [6.07, 6.45) is 6.93. The first-order valence-corrected chi connectivity index (χ1v) is 17.7. The molecule has 4 aromatic carbocycles. The number of aromatic amines is 1. The number of aromatic nitrogens is 4. The van der Waals surface area contributed by atoms with Crippen LogP contribution in [0.2, 0.25) is 10.0 Å². The third-order valence-corrected chi connectivity index (χ3v) is 9.27. The van der Waals surface area contributed by atoms with Crippen molar-refractivity contribution in [2.45, 2.75) is 13.1 Å². The van der Waals surface area contributed by atoms with E-state index in [1.807, 2.05) is 103 Å². The zero-order valence-corrected chi connectivity index (χ0v) is 30.2. The molecule has 0 saturated carbocycles. The summed E-state index contributed by atoms with van der Waals surface area (Å²) in [5.41, 5.74) is 6.35. The number of nitrogens with zero attached hydrogens (tertiary/aromatic N) is 3. The number of pyridine rings is 2. The van der Waals surface area contributed by atoms with E-state index in [9.17, 15) is 9.59 Å². The summed E-state index contributed by atoms with van der Waals surface area (Å²) in [5.74, 6) is 1.01. The van der Waals surface area contributed by atoms with Crippen LogP contribution in [-0.4, -0.2) is 31.1 Å². The molecule has 0 aliphatic carbocycles. The second-order valence-electron chi connectivity index (χ2n) is 12.3. The van der Waals surface area contributed by atoms with Gasteiger partial charge in [-0.25, -0.2) is 9.97 Å². The van der Waals surface area contributed by atoms with Crippen LogP contribution in [0, 0.1) is 0 Å². The van der Waals surface area contributed by atoms with Gasteiger partial charge in [-0.15, -0.1) is 0 Å². The Morgan fingerprint density at radius 3 is 1.74 bits per heavy atom. The number of benzene rings is 4.